The maximum Gasteiger partial charge on any atom is 0.242 e. The van der Waals surface area contributed by atoms with Crippen LogP contribution >= 0.6 is 11.6 Å². The van der Waals surface area contributed by atoms with E-state index in [2.05, 4.69) is 0 Å². The zero-order valence-electron chi connectivity index (χ0n) is 9.77. The molecule has 1 saturated carbocycles. The summed E-state index contributed by atoms with van der Waals surface area (Å²) in [6, 6.07) is 6.75. The van der Waals surface area contributed by atoms with Gasteiger partial charge in [0, 0.05) is 19.5 Å². The minimum atomic E-state index is -3.33. The van der Waals surface area contributed by atoms with E-state index in [0.29, 0.717) is 23.2 Å². The van der Waals surface area contributed by atoms with Crippen molar-refractivity contribution in [1.29, 1.82) is 0 Å². The molecule has 0 atom stereocenters. The van der Waals surface area contributed by atoms with Crippen molar-refractivity contribution in [2.45, 2.75) is 23.6 Å². The van der Waals surface area contributed by atoms with Gasteiger partial charge >= 0.3 is 0 Å². The average Bonchev–Trinajstić information content (AvgIpc) is 3.13. The van der Waals surface area contributed by atoms with Gasteiger partial charge in [-0.25, -0.2) is 12.7 Å². The number of hydrogen-bond donors (Lipinski definition) is 0. The molecule has 1 fully saturated rings. The molecule has 1 aromatic rings. The van der Waals surface area contributed by atoms with E-state index in [0.717, 1.165) is 18.4 Å². The first-order valence-corrected chi connectivity index (χ1v) is 7.62. The molecule has 0 unspecified atom stereocenters. The Labute approximate surface area is 107 Å². The monoisotopic (exact) mass is 273 g/mol. The largest absolute Gasteiger partial charge is 0.242 e. The van der Waals surface area contributed by atoms with Crippen LogP contribution in [0.1, 0.15) is 18.4 Å². The predicted molar refractivity (Wildman–Crippen MR) is 68.5 cm³/mol. The number of hydrogen-bond acceptors (Lipinski definition) is 2. The van der Waals surface area contributed by atoms with Gasteiger partial charge in [-0.3, -0.25) is 0 Å². The molecule has 94 valence electrons. The fourth-order valence-corrected chi connectivity index (χ4v) is 3.12. The maximum atomic E-state index is 12.2. The zero-order chi connectivity index (χ0) is 12.5. The van der Waals surface area contributed by atoms with Crippen molar-refractivity contribution in [2.24, 2.45) is 5.92 Å². The number of alkyl halides is 1. The smallest absolute Gasteiger partial charge is 0.207 e. The summed E-state index contributed by atoms with van der Waals surface area (Å²) in [5.41, 5.74) is 0.926. The van der Waals surface area contributed by atoms with E-state index in [9.17, 15) is 8.42 Å². The molecule has 0 saturated heterocycles. The lowest BCUT2D eigenvalue weighted by Gasteiger charge is -2.16. The summed E-state index contributed by atoms with van der Waals surface area (Å²) in [5, 5.41) is 0. The van der Waals surface area contributed by atoms with Crippen molar-refractivity contribution in [2.75, 3.05) is 13.6 Å². The highest BCUT2D eigenvalue weighted by Gasteiger charge is 2.28. The second kappa shape index (κ2) is 4.96. The summed E-state index contributed by atoms with van der Waals surface area (Å²) >= 11 is 5.67. The molecular formula is C12H16ClNO2S. The standard InChI is InChI=1S/C12H16ClNO2S/c1-14(9-11-2-3-11)17(15,16)12-6-4-10(8-13)5-7-12/h4-7,11H,2-3,8-9H2,1H3. The predicted octanol–water partition coefficient (Wildman–Crippen LogP) is 2.46. The third-order valence-electron chi connectivity index (χ3n) is 3.00. The van der Waals surface area contributed by atoms with Crippen LogP contribution in [0.2, 0.25) is 0 Å². The van der Waals surface area contributed by atoms with Crippen LogP contribution in [-0.2, 0) is 15.9 Å². The molecule has 0 aliphatic heterocycles. The third kappa shape index (κ3) is 3.00. The van der Waals surface area contributed by atoms with Crippen LogP contribution in [0.25, 0.3) is 0 Å². The van der Waals surface area contributed by atoms with Gasteiger partial charge < -0.3 is 0 Å². The summed E-state index contributed by atoms with van der Waals surface area (Å²) < 4.78 is 25.8. The first kappa shape index (κ1) is 12.9. The number of halogens is 1. The Kier molecular flexibility index (Phi) is 3.76. The molecule has 0 amide bonds. The summed E-state index contributed by atoms with van der Waals surface area (Å²) in [7, 11) is -1.69. The van der Waals surface area contributed by atoms with E-state index in [-0.39, 0.29) is 0 Å². The Balaban J connectivity index is 2.17. The molecule has 5 heteroatoms. The molecule has 0 bridgehead atoms. The van der Waals surface area contributed by atoms with E-state index < -0.39 is 10.0 Å². The van der Waals surface area contributed by atoms with Gasteiger partial charge in [0.15, 0.2) is 0 Å². The van der Waals surface area contributed by atoms with Crippen molar-refractivity contribution >= 4 is 21.6 Å². The van der Waals surface area contributed by atoms with Gasteiger partial charge in [-0.1, -0.05) is 12.1 Å². The molecule has 1 aliphatic rings. The van der Waals surface area contributed by atoms with Crippen molar-refractivity contribution in [1.82, 2.24) is 4.31 Å². The highest BCUT2D eigenvalue weighted by Crippen LogP contribution is 2.31. The number of sulfonamides is 1. The molecule has 0 spiro atoms. The molecule has 0 aromatic heterocycles. The lowest BCUT2D eigenvalue weighted by Crippen LogP contribution is -2.28. The van der Waals surface area contributed by atoms with Crippen molar-refractivity contribution in [3.05, 3.63) is 29.8 Å². The Hall–Kier alpha value is -0.580. The topological polar surface area (TPSA) is 37.4 Å². The molecule has 17 heavy (non-hydrogen) atoms. The van der Waals surface area contributed by atoms with Gasteiger partial charge in [-0.05, 0) is 36.5 Å². The van der Waals surface area contributed by atoms with Crippen LogP contribution in [0.3, 0.4) is 0 Å². The van der Waals surface area contributed by atoms with Gasteiger partial charge in [0.1, 0.15) is 0 Å². The van der Waals surface area contributed by atoms with E-state index in [1.54, 1.807) is 31.3 Å². The molecular weight excluding hydrogens is 258 g/mol. The van der Waals surface area contributed by atoms with Gasteiger partial charge in [0.2, 0.25) is 10.0 Å². The quantitative estimate of drug-likeness (QED) is 0.773. The van der Waals surface area contributed by atoms with Crippen LogP contribution in [0.4, 0.5) is 0 Å². The number of nitrogens with zero attached hydrogens (tertiary/aromatic N) is 1. The Morgan fingerprint density at radius 1 is 1.29 bits per heavy atom. The van der Waals surface area contributed by atoms with Crippen LogP contribution in [0, 0.1) is 5.92 Å². The molecule has 1 aliphatic carbocycles. The second-order valence-corrected chi connectivity index (χ2v) is 6.82. The second-order valence-electron chi connectivity index (χ2n) is 4.51. The molecule has 1 aromatic carbocycles. The van der Waals surface area contributed by atoms with Crippen molar-refractivity contribution in [3.63, 3.8) is 0 Å². The van der Waals surface area contributed by atoms with Crippen LogP contribution in [0.5, 0.6) is 0 Å². The average molecular weight is 274 g/mol. The number of rotatable bonds is 5. The lowest BCUT2D eigenvalue weighted by atomic mass is 10.2. The van der Waals surface area contributed by atoms with Gasteiger partial charge in [-0.2, -0.15) is 0 Å². The summed E-state index contributed by atoms with van der Waals surface area (Å²) in [6.07, 6.45) is 2.29. The van der Waals surface area contributed by atoms with Gasteiger partial charge in [-0.15, -0.1) is 11.6 Å². The van der Waals surface area contributed by atoms with Crippen LogP contribution in [0.15, 0.2) is 29.2 Å². The van der Waals surface area contributed by atoms with Crippen molar-refractivity contribution < 1.29 is 8.42 Å². The first-order chi connectivity index (χ1) is 8.04. The maximum absolute atomic E-state index is 12.2. The SMILES string of the molecule is CN(CC1CC1)S(=O)(=O)c1ccc(CCl)cc1. The van der Waals surface area contributed by atoms with Gasteiger partial charge in [0.25, 0.3) is 0 Å². The molecule has 2 rings (SSSR count). The fraction of sp³-hybridized carbons (Fsp3) is 0.500. The molecule has 0 N–H and O–H groups in total. The number of benzene rings is 1. The summed E-state index contributed by atoms with van der Waals surface area (Å²) in [6.45, 7) is 0.625. The highest BCUT2D eigenvalue weighted by atomic mass is 35.5. The fourth-order valence-electron chi connectivity index (χ4n) is 1.69. The normalized spacial score (nSPS) is 16.4. The lowest BCUT2D eigenvalue weighted by molar-refractivity contribution is 0.453. The Bertz CT molecular complexity index is 480. The van der Waals surface area contributed by atoms with E-state index in [1.165, 1.54) is 4.31 Å². The third-order valence-corrected chi connectivity index (χ3v) is 5.14. The van der Waals surface area contributed by atoms with E-state index >= 15 is 0 Å². The van der Waals surface area contributed by atoms with Crippen LogP contribution in [-0.4, -0.2) is 26.3 Å². The molecule has 3 nitrogen and oxygen atoms in total. The Morgan fingerprint density at radius 2 is 1.88 bits per heavy atom. The molecule has 0 radical (unpaired) electrons. The van der Waals surface area contributed by atoms with Crippen LogP contribution < -0.4 is 0 Å². The van der Waals surface area contributed by atoms with Crippen molar-refractivity contribution in [3.8, 4) is 0 Å². The van der Waals surface area contributed by atoms with E-state index in [4.69, 9.17) is 11.6 Å². The first-order valence-electron chi connectivity index (χ1n) is 5.65. The zero-order valence-corrected chi connectivity index (χ0v) is 11.3. The van der Waals surface area contributed by atoms with Gasteiger partial charge in [0.05, 0.1) is 4.90 Å². The molecule has 0 heterocycles. The highest BCUT2D eigenvalue weighted by molar-refractivity contribution is 7.89. The summed E-state index contributed by atoms with van der Waals surface area (Å²) in [4.78, 5) is 0.342. The minimum Gasteiger partial charge on any atom is -0.207 e. The summed E-state index contributed by atoms with van der Waals surface area (Å²) in [5.74, 6) is 0.954. The Morgan fingerprint density at radius 3 is 2.35 bits per heavy atom. The van der Waals surface area contributed by atoms with E-state index in [1.807, 2.05) is 0 Å². The minimum absolute atomic E-state index is 0.342.